The van der Waals surface area contributed by atoms with Gasteiger partial charge in [-0.25, -0.2) is 4.79 Å². The minimum absolute atomic E-state index is 0.216. The van der Waals surface area contributed by atoms with E-state index in [0.717, 1.165) is 4.90 Å². The van der Waals surface area contributed by atoms with E-state index in [2.05, 4.69) is 5.32 Å². The van der Waals surface area contributed by atoms with Crippen LogP contribution in [0.15, 0.2) is 36.4 Å². The van der Waals surface area contributed by atoms with Gasteiger partial charge in [-0.3, -0.25) is 19.3 Å². The second-order valence-corrected chi connectivity index (χ2v) is 7.00. The number of likely N-dealkylation sites (tertiary alicyclic amines) is 1. The van der Waals surface area contributed by atoms with Crippen molar-refractivity contribution >= 4 is 29.4 Å². The first kappa shape index (κ1) is 18.8. The molecule has 1 aliphatic carbocycles. The smallest absolute Gasteiger partial charge is 0.338 e. The molecule has 7 nitrogen and oxygen atoms in total. The number of carbonyl (C=O) groups is 4. The Kier molecular flexibility index (Phi) is 5.39. The second-order valence-electron chi connectivity index (χ2n) is 7.00. The lowest BCUT2D eigenvalue weighted by molar-refractivity contribution is -0.142. The van der Waals surface area contributed by atoms with Gasteiger partial charge in [-0.2, -0.15) is 0 Å². The van der Waals surface area contributed by atoms with Gasteiger partial charge in [-0.05, 0) is 51.0 Å². The van der Waals surface area contributed by atoms with Crippen molar-refractivity contribution in [3.05, 3.63) is 42.0 Å². The Hall–Kier alpha value is -2.96. The quantitative estimate of drug-likeness (QED) is 0.487. The van der Waals surface area contributed by atoms with Gasteiger partial charge in [0.2, 0.25) is 17.7 Å². The van der Waals surface area contributed by atoms with Crippen molar-refractivity contribution in [2.75, 3.05) is 11.9 Å². The van der Waals surface area contributed by atoms with Gasteiger partial charge in [0.1, 0.15) is 6.54 Å². The number of ether oxygens (including phenoxy) is 1. The summed E-state index contributed by atoms with van der Waals surface area (Å²) in [6.45, 7) is 3.22. The van der Waals surface area contributed by atoms with Crippen molar-refractivity contribution in [1.82, 2.24) is 4.90 Å². The molecule has 27 heavy (non-hydrogen) atoms. The van der Waals surface area contributed by atoms with Crippen LogP contribution < -0.4 is 5.32 Å². The van der Waals surface area contributed by atoms with Gasteiger partial charge in [0.05, 0.1) is 23.5 Å². The third-order valence-corrected chi connectivity index (χ3v) is 4.65. The van der Waals surface area contributed by atoms with Gasteiger partial charge >= 0.3 is 5.97 Å². The number of carbonyl (C=O) groups excluding carboxylic acids is 4. The zero-order valence-electron chi connectivity index (χ0n) is 15.3. The first-order chi connectivity index (χ1) is 12.9. The molecule has 1 heterocycles. The zero-order valence-corrected chi connectivity index (χ0v) is 15.3. The number of anilines is 1. The predicted molar refractivity (Wildman–Crippen MR) is 97.7 cm³/mol. The highest BCUT2D eigenvalue weighted by Crippen LogP contribution is 2.34. The molecule has 0 unspecified atom stereocenters. The number of esters is 1. The largest absolute Gasteiger partial charge is 0.459 e. The van der Waals surface area contributed by atoms with E-state index < -0.39 is 11.9 Å². The fourth-order valence-electron chi connectivity index (χ4n) is 3.34. The first-order valence-corrected chi connectivity index (χ1v) is 8.98. The van der Waals surface area contributed by atoms with Crippen LogP contribution in [0.5, 0.6) is 0 Å². The molecule has 1 saturated heterocycles. The summed E-state index contributed by atoms with van der Waals surface area (Å²) in [5, 5.41) is 2.65. The van der Waals surface area contributed by atoms with E-state index in [1.54, 1.807) is 38.1 Å². The van der Waals surface area contributed by atoms with Gasteiger partial charge in [-0.1, -0.05) is 12.2 Å². The minimum Gasteiger partial charge on any atom is -0.459 e. The molecule has 0 spiro atoms. The first-order valence-electron chi connectivity index (χ1n) is 8.98. The lowest BCUT2D eigenvalue weighted by atomic mass is 9.85. The Labute approximate surface area is 157 Å². The molecule has 1 N–H and O–H groups in total. The van der Waals surface area contributed by atoms with E-state index in [-0.39, 0.29) is 36.3 Å². The molecule has 1 aromatic rings. The minimum atomic E-state index is -0.458. The van der Waals surface area contributed by atoms with Crippen molar-refractivity contribution in [3.8, 4) is 0 Å². The van der Waals surface area contributed by atoms with E-state index in [1.807, 2.05) is 12.2 Å². The molecule has 7 heteroatoms. The number of benzene rings is 1. The molecule has 142 valence electrons. The topological polar surface area (TPSA) is 92.8 Å². The lowest BCUT2D eigenvalue weighted by Gasteiger charge is -2.14. The Bertz CT molecular complexity index is 771. The third-order valence-electron chi connectivity index (χ3n) is 4.65. The van der Waals surface area contributed by atoms with Gasteiger partial charge < -0.3 is 10.1 Å². The van der Waals surface area contributed by atoms with Crippen molar-refractivity contribution in [3.63, 3.8) is 0 Å². The van der Waals surface area contributed by atoms with Gasteiger partial charge in [0.25, 0.3) is 0 Å². The van der Waals surface area contributed by atoms with Crippen LogP contribution in [0.4, 0.5) is 5.69 Å². The molecule has 0 saturated carbocycles. The van der Waals surface area contributed by atoms with E-state index in [1.165, 1.54) is 0 Å². The molecule has 1 aromatic carbocycles. The Balaban J connectivity index is 1.59. The molecule has 1 aliphatic heterocycles. The van der Waals surface area contributed by atoms with Crippen LogP contribution >= 0.6 is 0 Å². The van der Waals surface area contributed by atoms with Crippen molar-refractivity contribution in [1.29, 1.82) is 0 Å². The normalized spacial score (nSPS) is 21.4. The predicted octanol–water partition coefficient (Wildman–Crippen LogP) is 2.14. The Morgan fingerprint density at radius 3 is 2.15 bits per heavy atom. The standard InChI is InChI=1S/C20H22N2O5/c1-12(2)27-20(26)13-7-9-14(10-8-13)21-17(23)11-22-18(24)15-5-3-4-6-16(15)19(22)25/h3-4,7-10,12,15-16H,5-6,11H2,1-2H3,(H,21,23)/t15-,16-/m0/s1. The molecule has 1 fully saturated rings. The molecular formula is C20H22N2O5. The summed E-state index contributed by atoms with van der Waals surface area (Å²) in [4.78, 5) is 49.9. The number of amides is 3. The number of rotatable bonds is 5. The zero-order chi connectivity index (χ0) is 19.6. The highest BCUT2D eigenvalue weighted by molar-refractivity contribution is 6.08. The molecule has 2 atom stereocenters. The number of nitrogens with zero attached hydrogens (tertiary/aromatic N) is 1. The number of fused-ring (bicyclic) bond motifs is 1. The lowest BCUT2D eigenvalue weighted by Crippen LogP contribution is -2.38. The summed E-state index contributed by atoms with van der Waals surface area (Å²) < 4.78 is 5.10. The molecular weight excluding hydrogens is 348 g/mol. The molecule has 0 radical (unpaired) electrons. The van der Waals surface area contributed by atoms with Gasteiger partial charge in [0.15, 0.2) is 0 Å². The number of imide groups is 1. The maximum Gasteiger partial charge on any atom is 0.338 e. The monoisotopic (exact) mass is 370 g/mol. The molecule has 2 aliphatic rings. The molecule has 3 amide bonds. The second kappa shape index (κ2) is 7.73. The fraction of sp³-hybridized carbons (Fsp3) is 0.400. The van der Waals surface area contributed by atoms with Crippen LogP contribution in [0.2, 0.25) is 0 Å². The summed E-state index contributed by atoms with van der Waals surface area (Å²) in [6, 6.07) is 6.25. The van der Waals surface area contributed by atoms with E-state index in [0.29, 0.717) is 24.1 Å². The van der Waals surface area contributed by atoms with E-state index >= 15 is 0 Å². The Morgan fingerprint density at radius 1 is 1.07 bits per heavy atom. The Morgan fingerprint density at radius 2 is 1.63 bits per heavy atom. The van der Waals surface area contributed by atoms with Crippen molar-refractivity contribution in [2.24, 2.45) is 11.8 Å². The van der Waals surface area contributed by atoms with E-state index in [9.17, 15) is 19.2 Å². The van der Waals surface area contributed by atoms with Gasteiger partial charge in [-0.15, -0.1) is 0 Å². The molecule has 3 rings (SSSR count). The number of allylic oxidation sites excluding steroid dienone is 2. The van der Waals surface area contributed by atoms with Crippen molar-refractivity contribution in [2.45, 2.75) is 32.8 Å². The average molecular weight is 370 g/mol. The average Bonchev–Trinajstić information content (AvgIpc) is 2.87. The summed E-state index contributed by atoms with van der Waals surface area (Å²) >= 11 is 0. The van der Waals surface area contributed by atoms with Crippen molar-refractivity contribution < 1.29 is 23.9 Å². The van der Waals surface area contributed by atoms with Gasteiger partial charge in [0, 0.05) is 5.69 Å². The maximum absolute atomic E-state index is 12.4. The number of nitrogens with one attached hydrogen (secondary N) is 1. The summed E-state index contributed by atoms with van der Waals surface area (Å²) in [7, 11) is 0. The van der Waals surface area contributed by atoms with Crippen LogP contribution in [0.25, 0.3) is 0 Å². The number of hydrogen-bond donors (Lipinski definition) is 1. The van der Waals surface area contributed by atoms with Crippen LogP contribution in [0.3, 0.4) is 0 Å². The fourth-order valence-corrected chi connectivity index (χ4v) is 3.34. The van der Waals surface area contributed by atoms with Crippen LogP contribution in [0.1, 0.15) is 37.0 Å². The highest BCUT2D eigenvalue weighted by atomic mass is 16.5. The maximum atomic E-state index is 12.4. The SMILES string of the molecule is CC(C)OC(=O)c1ccc(NC(=O)CN2C(=O)[C@H]3CC=CC[C@@H]3C2=O)cc1. The summed E-state index contributed by atoms with van der Waals surface area (Å²) in [5.41, 5.74) is 0.849. The third kappa shape index (κ3) is 4.07. The van der Waals surface area contributed by atoms with Crippen LogP contribution in [-0.2, 0) is 19.1 Å². The highest BCUT2D eigenvalue weighted by Gasteiger charge is 2.47. The van der Waals surface area contributed by atoms with E-state index in [4.69, 9.17) is 4.74 Å². The molecule has 0 aromatic heterocycles. The number of hydrogen-bond acceptors (Lipinski definition) is 5. The van der Waals surface area contributed by atoms with Crippen LogP contribution in [0, 0.1) is 11.8 Å². The molecule has 0 bridgehead atoms. The summed E-state index contributed by atoms with van der Waals surface area (Å²) in [6.07, 6.45) is 4.68. The summed E-state index contributed by atoms with van der Waals surface area (Å²) in [5.74, 6) is -2.15. The van der Waals surface area contributed by atoms with Crippen LogP contribution in [-0.4, -0.2) is 41.2 Å².